The highest BCUT2D eigenvalue weighted by molar-refractivity contribution is 7.79. The molecule has 1 unspecified atom stereocenters. The number of carbonyl (C=O) groups is 5. The van der Waals surface area contributed by atoms with Crippen LogP contribution in [0.15, 0.2) is 30.4 Å². The van der Waals surface area contributed by atoms with Crippen molar-refractivity contribution in [3.8, 4) is 0 Å². The maximum Gasteiger partial charge on any atom is 0.253 e. The fourth-order valence-corrected chi connectivity index (χ4v) is 3.27. The maximum absolute atomic E-state index is 13.8. The summed E-state index contributed by atoms with van der Waals surface area (Å²) >= 11 is 4.01. The number of hydrogen-bond donors (Lipinski definition) is 4. The highest BCUT2D eigenvalue weighted by Gasteiger charge is 2.22. The lowest BCUT2D eigenvalue weighted by Crippen LogP contribution is -2.45. The van der Waals surface area contributed by atoms with Crippen LogP contribution in [0.4, 0.5) is 10.1 Å². The molecular formula is C25H35FN4O5S. The van der Waals surface area contributed by atoms with Gasteiger partial charge in [0.15, 0.2) is 0 Å². The summed E-state index contributed by atoms with van der Waals surface area (Å²) in [6.45, 7) is 5.74. The second-order valence-corrected chi connectivity index (χ2v) is 8.51. The first-order valence-electron chi connectivity index (χ1n) is 11.9. The largest absolute Gasteiger partial charge is 0.347 e. The second-order valence-electron chi connectivity index (χ2n) is 8.20. The smallest absolute Gasteiger partial charge is 0.253 e. The van der Waals surface area contributed by atoms with Gasteiger partial charge >= 0.3 is 0 Å². The Balaban J connectivity index is 0.00000205. The van der Waals surface area contributed by atoms with Gasteiger partial charge in [-0.2, -0.15) is 12.6 Å². The highest BCUT2D eigenvalue weighted by atomic mass is 32.1. The number of imide groups is 1. The average Bonchev–Trinajstić information content (AvgIpc) is 3.15. The molecule has 1 heterocycles. The van der Waals surface area contributed by atoms with E-state index in [0.29, 0.717) is 31.4 Å². The summed E-state index contributed by atoms with van der Waals surface area (Å²) in [5.41, 5.74) is 0.662. The third-order valence-electron chi connectivity index (χ3n) is 4.89. The van der Waals surface area contributed by atoms with Gasteiger partial charge in [-0.1, -0.05) is 32.8 Å². The van der Waals surface area contributed by atoms with Crippen molar-refractivity contribution in [2.45, 2.75) is 64.7 Å². The van der Waals surface area contributed by atoms with E-state index in [2.05, 4.69) is 42.4 Å². The van der Waals surface area contributed by atoms with Crippen molar-refractivity contribution in [3.05, 3.63) is 41.7 Å². The third kappa shape index (κ3) is 11.0. The molecule has 0 saturated heterocycles. The van der Waals surface area contributed by atoms with E-state index in [4.69, 9.17) is 0 Å². The molecular weight excluding hydrogens is 487 g/mol. The van der Waals surface area contributed by atoms with Crippen molar-refractivity contribution in [1.82, 2.24) is 15.5 Å². The Morgan fingerprint density at radius 2 is 1.67 bits per heavy atom. The topological polar surface area (TPSA) is 125 Å². The summed E-state index contributed by atoms with van der Waals surface area (Å²) in [7, 11) is 0. The van der Waals surface area contributed by atoms with E-state index < -0.39 is 23.7 Å². The SMILES string of the molecule is CC(NC(=O)CNC(=O)CCCCCN1C(=O)C=CC1=O)C(=O)Nc1ccc(CS)c(F)c1.CCC. The van der Waals surface area contributed by atoms with Crippen molar-refractivity contribution in [1.29, 1.82) is 0 Å². The van der Waals surface area contributed by atoms with Gasteiger partial charge in [0, 0.05) is 36.6 Å². The normalized spacial score (nSPS) is 13.1. The summed E-state index contributed by atoms with van der Waals surface area (Å²) in [5, 5.41) is 7.45. The first-order valence-corrected chi connectivity index (χ1v) is 12.6. The fraction of sp³-hybridized carbons (Fsp3) is 0.480. The van der Waals surface area contributed by atoms with Crippen LogP contribution in [0.1, 0.15) is 58.4 Å². The standard InChI is InChI=1S/C22H27FN4O5S.C3H8/c1-14(22(32)26-16-7-6-15(13-33)17(23)11-16)25-19(29)12-24-18(28)5-3-2-4-10-27-20(30)8-9-21(27)31;1-3-2/h6-9,11,14,33H,2-5,10,12-13H2,1H3,(H,24,28)(H,25,29)(H,26,32);3H2,1-2H3. The number of benzene rings is 1. The third-order valence-corrected chi connectivity index (χ3v) is 5.23. The number of carbonyl (C=O) groups excluding carboxylic acids is 5. The Bertz CT molecular complexity index is 952. The van der Waals surface area contributed by atoms with E-state index in [-0.39, 0.29) is 42.1 Å². The van der Waals surface area contributed by atoms with E-state index in [1.807, 2.05) is 0 Å². The molecule has 0 aromatic heterocycles. The van der Waals surface area contributed by atoms with Gasteiger partial charge in [0.25, 0.3) is 11.8 Å². The molecule has 1 aromatic carbocycles. The van der Waals surface area contributed by atoms with Crippen molar-refractivity contribution in [2.24, 2.45) is 0 Å². The molecule has 0 radical (unpaired) electrons. The monoisotopic (exact) mass is 522 g/mol. The molecule has 0 saturated carbocycles. The van der Waals surface area contributed by atoms with Gasteiger partial charge in [0.2, 0.25) is 17.7 Å². The zero-order valence-electron chi connectivity index (χ0n) is 20.9. The highest BCUT2D eigenvalue weighted by Crippen LogP contribution is 2.16. The lowest BCUT2D eigenvalue weighted by molar-refractivity contribution is -0.137. The van der Waals surface area contributed by atoms with Crippen LogP contribution in [-0.4, -0.2) is 53.6 Å². The number of thiol groups is 1. The molecule has 1 atom stereocenters. The Labute approximate surface area is 216 Å². The molecule has 198 valence electrons. The number of halogens is 1. The number of nitrogens with zero attached hydrogens (tertiary/aromatic N) is 1. The van der Waals surface area contributed by atoms with Gasteiger partial charge in [-0.3, -0.25) is 28.9 Å². The van der Waals surface area contributed by atoms with Crippen LogP contribution in [-0.2, 0) is 29.7 Å². The molecule has 0 aliphatic carbocycles. The van der Waals surface area contributed by atoms with E-state index in [1.54, 1.807) is 6.07 Å². The van der Waals surface area contributed by atoms with Crippen LogP contribution in [0.25, 0.3) is 0 Å². The lowest BCUT2D eigenvalue weighted by atomic mass is 10.2. The zero-order valence-corrected chi connectivity index (χ0v) is 21.8. The lowest BCUT2D eigenvalue weighted by Gasteiger charge is -2.15. The summed E-state index contributed by atoms with van der Waals surface area (Å²) in [4.78, 5) is 60.1. The summed E-state index contributed by atoms with van der Waals surface area (Å²) in [6.07, 6.45) is 5.67. The van der Waals surface area contributed by atoms with Gasteiger partial charge in [-0.05, 0) is 37.5 Å². The molecule has 5 amide bonds. The number of unbranched alkanes of at least 4 members (excludes halogenated alkanes) is 2. The zero-order chi connectivity index (χ0) is 27.1. The Morgan fingerprint density at radius 3 is 2.25 bits per heavy atom. The summed E-state index contributed by atoms with van der Waals surface area (Å²) in [6, 6.07) is 3.33. The van der Waals surface area contributed by atoms with E-state index in [0.717, 1.165) is 4.90 Å². The van der Waals surface area contributed by atoms with Crippen LogP contribution in [0.5, 0.6) is 0 Å². The number of hydrogen-bond acceptors (Lipinski definition) is 6. The van der Waals surface area contributed by atoms with Crippen molar-refractivity contribution >= 4 is 47.9 Å². The van der Waals surface area contributed by atoms with Crippen LogP contribution in [0.3, 0.4) is 0 Å². The van der Waals surface area contributed by atoms with E-state index in [9.17, 15) is 28.4 Å². The summed E-state index contributed by atoms with van der Waals surface area (Å²) in [5.74, 6) is -2.31. The molecule has 0 bridgehead atoms. The van der Waals surface area contributed by atoms with Crippen molar-refractivity contribution in [3.63, 3.8) is 0 Å². The molecule has 1 aliphatic rings. The first kappa shape index (κ1) is 30.8. The van der Waals surface area contributed by atoms with Crippen LogP contribution >= 0.6 is 12.6 Å². The van der Waals surface area contributed by atoms with Gasteiger partial charge < -0.3 is 16.0 Å². The van der Waals surface area contributed by atoms with Gasteiger partial charge in [-0.15, -0.1) is 0 Å². The predicted molar refractivity (Wildman–Crippen MR) is 139 cm³/mol. The van der Waals surface area contributed by atoms with Crippen molar-refractivity contribution in [2.75, 3.05) is 18.4 Å². The minimum atomic E-state index is -0.896. The predicted octanol–water partition coefficient (Wildman–Crippen LogP) is 2.72. The minimum Gasteiger partial charge on any atom is -0.347 e. The molecule has 36 heavy (non-hydrogen) atoms. The first-order chi connectivity index (χ1) is 17.1. The number of anilines is 1. The number of nitrogens with one attached hydrogen (secondary N) is 3. The van der Waals surface area contributed by atoms with Crippen LogP contribution in [0.2, 0.25) is 0 Å². The van der Waals surface area contributed by atoms with Gasteiger partial charge in [0.1, 0.15) is 11.9 Å². The second kappa shape index (κ2) is 16.5. The maximum atomic E-state index is 13.8. The molecule has 1 aromatic rings. The molecule has 0 spiro atoms. The molecule has 9 nitrogen and oxygen atoms in total. The van der Waals surface area contributed by atoms with Crippen LogP contribution < -0.4 is 16.0 Å². The van der Waals surface area contributed by atoms with Crippen LogP contribution in [0, 0.1) is 5.82 Å². The summed E-state index contributed by atoms with van der Waals surface area (Å²) < 4.78 is 13.8. The Kier molecular flexibility index (Phi) is 14.1. The van der Waals surface area contributed by atoms with E-state index >= 15 is 0 Å². The van der Waals surface area contributed by atoms with Gasteiger partial charge in [0.05, 0.1) is 6.54 Å². The number of amides is 5. The molecule has 3 N–H and O–H groups in total. The molecule has 2 rings (SSSR count). The average molecular weight is 523 g/mol. The molecule has 0 fully saturated rings. The Morgan fingerprint density at radius 1 is 1.03 bits per heavy atom. The van der Waals surface area contributed by atoms with Gasteiger partial charge in [-0.25, -0.2) is 4.39 Å². The fourth-order valence-electron chi connectivity index (χ4n) is 3.01. The Hall–Kier alpha value is -3.21. The molecule has 1 aliphatic heterocycles. The van der Waals surface area contributed by atoms with Crippen molar-refractivity contribution < 1.29 is 28.4 Å². The molecule has 11 heteroatoms. The number of rotatable bonds is 12. The quantitative estimate of drug-likeness (QED) is 0.191. The van der Waals surface area contributed by atoms with E-state index in [1.165, 1.54) is 37.6 Å². The minimum absolute atomic E-state index is 0.192.